The van der Waals surface area contributed by atoms with Crippen molar-refractivity contribution in [3.63, 3.8) is 0 Å². The molecule has 0 radical (unpaired) electrons. The van der Waals surface area contributed by atoms with E-state index in [1.165, 1.54) is 0 Å². The van der Waals surface area contributed by atoms with E-state index in [1.807, 2.05) is 35.2 Å². The summed E-state index contributed by atoms with van der Waals surface area (Å²) in [5.74, 6) is -1.83. The lowest BCUT2D eigenvalue weighted by Crippen LogP contribution is -2.45. The van der Waals surface area contributed by atoms with Gasteiger partial charge in [0.15, 0.2) is 0 Å². The molecule has 1 aliphatic heterocycles. The summed E-state index contributed by atoms with van der Waals surface area (Å²) in [5, 5.41) is 12.0. The molecule has 1 saturated heterocycles. The van der Waals surface area contributed by atoms with Crippen LogP contribution < -0.4 is 5.32 Å². The number of amides is 2. The van der Waals surface area contributed by atoms with Crippen LogP contribution in [0.15, 0.2) is 30.3 Å². The monoisotopic (exact) mass is 344 g/mol. The molecule has 1 aliphatic carbocycles. The van der Waals surface area contributed by atoms with Crippen LogP contribution >= 0.6 is 0 Å². The molecule has 1 saturated carbocycles. The molecule has 25 heavy (non-hydrogen) atoms. The van der Waals surface area contributed by atoms with Crippen molar-refractivity contribution >= 4 is 17.8 Å². The lowest BCUT2D eigenvalue weighted by molar-refractivity contribution is -0.142. The zero-order chi connectivity index (χ0) is 17.8. The maximum Gasteiger partial charge on any atom is 0.326 e. The Hall–Kier alpha value is -2.37. The molecule has 0 bridgehead atoms. The highest BCUT2D eigenvalue weighted by molar-refractivity contribution is 5.91. The zero-order valence-electron chi connectivity index (χ0n) is 14.2. The number of nitrogens with one attached hydrogen (secondary N) is 1. The number of rotatable bonds is 6. The molecule has 1 aromatic rings. The Bertz CT molecular complexity index is 640. The van der Waals surface area contributed by atoms with Gasteiger partial charge in [-0.1, -0.05) is 43.2 Å². The van der Waals surface area contributed by atoms with Crippen LogP contribution in [0.3, 0.4) is 0 Å². The summed E-state index contributed by atoms with van der Waals surface area (Å²) >= 11 is 0. The Morgan fingerprint density at radius 3 is 2.52 bits per heavy atom. The molecule has 0 unspecified atom stereocenters. The van der Waals surface area contributed by atoms with Crippen molar-refractivity contribution in [3.05, 3.63) is 35.9 Å². The van der Waals surface area contributed by atoms with Crippen molar-refractivity contribution in [1.82, 2.24) is 10.2 Å². The van der Waals surface area contributed by atoms with Crippen LogP contribution in [0.1, 0.15) is 37.7 Å². The molecule has 6 heteroatoms. The third-order valence-corrected chi connectivity index (χ3v) is 5.19. The van der Waals surface area contributed by atoms with Crippen LogP contribution in [0, 0.1) is 5.92 Å². The fraction of sp³-hybridized carbons (Fsp3) is 0.526. The summed E-state index contributed by atoms with van der Waals surface area (Å²) in [6, 6.07) is 8.48. The van der Waals surface area contributed by atoms with Crippen molar-refractivity contribution < 1.29 is 19.5 Å². The Morgan fingerprint density at radius 2 is 1.88 bits per heavy atom. The van der Waals surface area contributed by atoms with E-state index in [0.717, 1.165) is 31.2 Å². The number of likely N-dealkylation sites (tertiary alicyclic amines) is 1. The van der Waals surface area contributed by atoms with Crippen molar-refractivity contribution in [2.45, 2.75) is 50.6 Å². The largest absolute Gasteiger partial charge is 0.480 e. The number of aliphatic carboxylic acids is 1. The third kappa shape index (κ3) is 4.18. The van der Waals surface area contributed by atoms with Crippen molar-refractivity contribution in [2.75, 3.05) is 6.54 Å². The number of carboxylic acid groups (broad SMARTS) is 1. The minimum absolute atomic E-state index is 0.0157. The van der Waals surface area contributed by atoms with E-state index in [-0.39, 0.29) is 30.7 Å². The molecule has 2 atom stereocenters. The van der Waals surface area contributed by atoms with Crippen LogP contribution in [-0.4, -0.2) is 46.4 Å². The molecule has 134 valence electrons. The fourth-order valence-corrected chi connectivity index (χ4v) is 3.82. The number of carboxylic acids is 1. The summed E-state index contributed by atoms with van der Waals surface area (Å²) in [4.78, 5) is 38.0. The summed E-state index contributed by atoms with van der Waals surface area (Å²) < 4.78 is 0. The third-order valence-electron chi connectivity index (χ3n) is 5.19. The first-order valence-corrected chi connectivity index (χ1v) is 8.91. The Morgan fingerprint density at radius 1 is 1.20 bits per heavy atom. The van der Waals surface area contributed by atoms with Gasteiger partial charge in [-0.15, -0.1) is 0 Å². The van der Waals surface area contributed by atoms with Gasteiger partial charge in [0.1, 0.15) is 6.04 Å². The lowest BCUT2D eigenvalue weighted by Gasteiger charge is -2.24. The lowest BCUT2D eigenvalue weighted by atomic mass is 10.0. The highest BCUT2D eigenvalue weighted by Crippen LogP contribution is 2.29. The fourth-order valence-electron chi connectivity index (χ4n) is 3.82. The quantitative estimate of drug-likeness (QED) is 0.820. The first kappa shape index (κ1) is 17.5. The Kier molecular flexibility index (Phi) is 5.36. The number of hydrogen-bond donors (Lipinski definition) is 2. The van der Waals surface area contributed by atoms with E-state index in [2.05, 4.69) is 5.32 Å². The predicted molar refractivity (Wildman–Crippen MR) is 91.8 cm³/mol. The molecule has 2 fully saturated rings. The molecular formula is C19H24N2O4. The van der Waals surface area contributed by atoms with Gasteiger partial charge in [-0.25, -0.2) is 4.79 Å². The number of nitrogens with zero attached hydrogens (tertiary/aromatic N) is 1. The SMILES string of the molecule is O=C(N[C@@H](Cc1ccccc1)C(=O)O)[C@@H]1CC(=O)N(C2CCCC2)C1. The van der Waals surface area contributed by atoms with Gasteiger partial charge in [-0.2, -0.15) is 0 Å². The smallest absolute Gasteiger partial charge is 0.326 e. The van der Waals surface area contributed by atoms with E-state index in [1.54, 1.807) is 0 Å². The molecule has 1 heterocycles. The minimum atomic E-state index is -1.06. The average molecular weight is 344 g/mol. The molecule has 0 spiro atoms. The molecule has 2 aliphatic rings. The molecule has 0 aromatic heterocycles. The first-order valence-electron chi connectivity index (χ1n) is 8.91. The topological polar surface area (TPSA) is 86.7 Å². The van der Waals surface area contributed by atoms with Gasteiger partial charge in [0, 0.05) is 25.4 Å². The van der Waals surface area contributed by atoms with Crippen molar-refractivity contribution in [1.29, 1.82) is 0 Å². The van der Waals surface area contributed by atoms with Crippen LogP contribution in [0.4, 0.5) is 0 Å². The van der Waals surface area contributed by atoms with Gasteiger partial charge >= 0.3 is 5.97 Å². The van der Waals surface area contributed by atoms with E-state index >= 15 is 0 Å². The molecular weight excluding hydrogens is 320 g/mol. The number of hydrogen-bond acceptors (Lipinski definition) is 3. The van der Waals surface area contributed by atoms with Crippen LogP contribution in [-0.2, 0) is 20.8 Å². The summed E-state index contributed by atoms with van der Waals surface area (Å²) in [7, 11) is 0. The van der Waals surface area contributed by atoms with Gasteiger partial charge in [0.05, 0.1) is 5.92 Å². The summed E-state index contributed by atoms with van der Waals surface area (Å²) in [5.41, 5.74) is 0.852. The Labute approximate surface area is 147 Å². The molecule has 1 aromatic carbocycles. The van der Waals surface area contributed by atoms with Gasteiger partial charge < -0.3 is 15.3 Å². The maximum absolute atomic E-state index is 12.5. The standard InChI is InChI=1S/C19H24N2O4/c22-17-11-14(12-21(17)15-8-4-5-9-15)18(23)20-16(19(24)25)10-13-6-2-1-3-7-13/h1-3,6-7,14-16H,4-5,8-12H2,(H,20,23)(H,24,25)/t14-,16+/m1/s1. The normalized spacial score (nSPS) is 22.2. The molecule has 3 rings (SSSR count). The van der Waals surface area contributed by atoms with Gasteiger partial charge in [-0.3, -0.25) is 9.59 Å². The Balaban J connectivity index is 1.60. The van der Waals surface area contributed by atoms with Crippen LogP contribution in [0.5, 0.6) is 0 Å². The highest BCUT2D eigenvalue weighted by Gasteiger charge is 2.39. The zero-order valence-corrected chi connectivity index (χ0v) is 14.2. The van der Waals surface area contributed by atoms with E-state index < -0.39 is 17.9 Å². The second kappa shape index (κ2) is 7.68. The van der Waals surface area contributed by atoms with Crippen LogP contribution in [0.25, 0.3) is 0 Å². The molecule has 2 amide bonds. The summed E-state index contributed by atoms with van der Waals surface area (Å²) in [6.07, 6.45) is 4.68. The maximum atomic E-state index is 12.5. The van der Waals surface area contributed by atoms with Gasteiger partial charge in [0.2, 0.25) is 11.8 Å². The first-order chi connectivity index (χ1) is 12.0. The predicted octanol–water partition coefficient (Wildman–Crippen LogP) is 1.59. The van der Waals surface area contributed by atoms with Crippen molar-refractivity contribution in [3.8, 4) is 0 Å². The average Bonchev–Trinajstić information content (AvgIpc) is 3.24. The number of carbonyl (C=O) groups excluding carboxylic acids is 2. The van der Waals surface area contributed by atoms with E-state index in [0.29, 0.717) is 6.54 Å². The summed E-state index contributed by atoms with van der Waals surface area (Å²) in [6.45, 7) is 0.410. The van der Waals surface area contributed by atoms with Crippen molar-refractivity contribution in [2.24, 2.45) is 5.92 Å². The minimum Gasteiger partial charge on any atom is -0.480 e. The van der Waals surface area contributed by atoms with E-state index in [9.17, 15) is 19.5 Å². The van der Waals surface area contributed by atoms with Gasteiger partial charge in [-0.05, 0) is 18.4 Å². The highest BCUT2D eigenvalue weighted by atomic mass is 16.4. The molecule has 2 N–H and O–H groups in total. The van der Waals surface area contributed by atoms with Gasteiger partial charge in [0.25, 0.3) is 0 Å². The second-order valence-electron chi connectivity index (χ2n) is 6.97. The van der Waals surface area contributed by atoms with Crippen LogP contribution in [0.2, 0.25) is 0 Å². The number of benzene rings is 1. The molecule has 6 nitrogen and oxygen atoms in total. The second-order valence-corrected chi connectivity index (χ2v) is 6.97. The van der Waals surface area contributed by atoms with E-state index in [4.69, 9.17) is 0 Å². The number of carbonyl (C=O) groups is 3.